The molecule has 0 saturated carbocycles. The van der Waals surface area contributed by atoms with Crippen molar-refractivity contribution in [3.8, 4) is 0 Å². The summed E-state index contributed by atoms with van der Waals surface area (Å²) in [5.74, 6) is 0. The molecule has 1 rings (SSSR count). The molecule has 66 valence electrons. The molecule has 0 aromatic heterocycles. The molecule has 11 heavy (non-hydrogen) atoms. The Morgan fingerprint density at radius 2 is 2.09 bits per heavy atom. The molecule has 2 N–H and O–H groups in total. The zero-order chi connectivity index (χ0) is 8.16. The predicted octanol–water partition coefficient (Wildman–Crippen LogP) is 0.531. The second-order valence-electron chi connectivity index (χ2n) is 3.04. The second-order valence-corrected chi connectivity index (χ2v) is 3.04. The first kappa shape index (κ1) is 8.97. The van der Waals surface area contributed by atoms with Crippen molar-refractivity contribution in [3.05, 3.63) is 0 Å². The average Bonchev–Trinajstić information content (AvgIpc) is 2.07. The molecule has 1 aliphatic heterocycles. The van der Waals surface area contributed by atoms with Gasteiger partial charge in [-0.25, -0.2) is 0 Å². The topological polar surface area (TPSA) is 44.5 Å². The number of methoxy groups -OCH3 is 1. The highest BCUT2D eigenvalue weighted by Crippen LogP contribution is 2.27. The van der Waals surface area contributed by atoms with Crippen molar-refractivity contribution in [2.45, 2.75) is 24.9 Å². The molecule has 1 heterocycles. The Bertz CT molecular complexity index is 105. The van der Waals surface area contributed by atoms with Gasteiger partial charge in [-0.05, 0) is 25.8 Å². The molecule has 0 bridgehead atoms. The largest absolute Gasteiger partial charge is 0.381 e. The molecular formula is C8H17NO2. The van der Waals surface area contributed by atoms with E-state index in [1.54, 1.807) is 7.11 Å². The highest BCUT2D eigenvalue weighted by molar-refractivity contribution is 4.83. The minimum absolute atomic E-state index is 0.0208. The smallest absolute Gasteiger partial charge is 0.0734 e. The standard InChI is InChI=1S/C8H17NO2/c1-10-8(2-5-9)3-6-11-7-4-8/h2-7,9H2,1H3. The van der Waals surface area contributed by atoms with Crippen molar-refractivity contribution >= 4 is 0 Å². The van der Waals surface area contributed by atoms with Crippen LogP contribution in [0.1, 0.15) is 19.3 Å². The second kappa shape index (κ2) is 4.04. The first-order valence-corrected chi connectivity index (χ1v) is 4.16. The van der Waals surface area contributed by atoms with Crippen molar-refractivity contribution in [1.82, 2.24) is 0 Å². The van der Waals surface area contributed by atoms with Gasteiger partial charge in [0.1, 0.15) is 0 Å². The molecule has 1 aliphatic rings. The minimum Gasteiger partial charge on any atom is -0.381 e. The van der Waals surface area contributed by atoms with Crippen molar-refractivity contribution in [2.75, 3.05) is 26.9 Å². The van der Waals surface area contributed by atoms with E-state index >= 15 is 0 Å². The number of hydrogen-bond acceptors (Lipinski definition) is 3. The van der Waals surface area contributed by atoms with Crippen molar-refractivity contribution in [3.63, 3.8) is 0 Å². The Hall–Kier alpha value is -0.120. The molecule has 1 fully saturated rings. The fraction of sp³-hybridized carbons (Fsp3) is 1.00. The van der Waals surface area contributed by atoms with Crippen LogP contribution in [0.15, 0.2) is 0 Å². The number of hydrogen-bond donors (Lipinski definition) is 1. The molecule has 0 aromatic rings. The summed E-state index contributed by atoms with van der Waals surface area (Å²) in [5.41, 5.74) is 5.52. The van der Waals surface area contributed by atoms with E-state index in [4.69, 9.17) is 15.2 Å². The van der Waals surface area contributed by atoms with Gasteiger partial charge in [0.15, 0.2) is 0 Å². The summed E-state index contributed by atoms with van der Waals surface area (Å²) in [4.78, 5) is 0. The van der Waals surface area contributed by atoms with Crippen LogP contribution in [0.3, 0.4) is 0 Å². The maximum absolute atomic E-state index is 5.50. The Balaban J connectivity index is 2.42. The van der Waals surface area contributed by atoms with Crippen LogP contribution in [0.5, 0.6) is 0 Å². The highest BCUT2D eigenvalue weighted by atomic mass is 16.5. The lowest BCUT2D eigenvalue weighted by molar-refractivity contribution is -0.0924. The summed E-state index contributed by atoms with van der Waals surface area (Å²) >= 11 is 0. The maximum atomic E-state index is 5.50. The van der Waals surface area contributed by atoms with E-state index in [9.17, 15) is 0 Å². The molecule has 0 spiro atoms. The van der Waals surface area contributed by atoms with Gasteiger partial charge in [-0.1, -0.05) is 0 Å². The van der Waals surface area contributed by atoms with E-state index < -0.39 is 0 Å². The van der Waals surface area contributed by atoms with Gasteiger partial charge in [0.25, 0.3) is 0 Å². The van der Waals surface area contributed by atoms with Crippen LogP contribution in [0, 0.1) is 0 Å². The third-order valence-electron chi connectivity index (χ3n) is 2.44. The normalized spacial score (nSPS) is 23.5. The fourth-order valence-corrected chi connectivity index (χ4v) is 1.56. The van der Waals surface area contributed by atoms with Crippen LogP contribution in [-0.2, 0) is 9.47 Å². The van der Waals surface area contributed by atoms with Crippen molar-refractivity contribution in [2.24, 2.45) is 5.73 Å². The van der Waals surface area contributed by atoms with Gasteiger partial charge in [0, 0.05) is 20.3 Å². The van der Waals surface area contributed by atoms with Gasteiger partial charge in [-0.15, -0.1) is 0 Å². The first-order valence-electron chi connectivity index (χ1n) is 4.16. The molecule has 0 amide bonds. The van der Waals surface area contributed by atoms with Gasteiger partial charge < -0.3 is 15.2 Å². The first-order chi connectivity index (χ1) is 5.33. The van der Waals surface area contributed by atoms with Crippen molar-refractivity contribution in [1.29, 1.82) is 0 Å². The van der Waals surface area contributed by atoms with Gasteiger partial charge in [0.05, 0.1) is 5.60 Å². The molecule has 3 nitrogen and oxygen atoms in total. The lowest BCUT2D eigenvalue weighted by Crippen LogP contribution is -2.39. The maximum Gasteiger partial charge on any atom is 0.0734 e. The lowest BCUT2D eigenvalue weighted by atomic mass is 9.90. The van der Waals surface area contributed by atoms with Gasteiger partial charge in [0.2, 0.25) is 0 Å². The summed E-state index contributed by atoms with van der Waals surface area (Å²) in [6.45, 7) is 2.33. The lowest BCUT2D eigenvalue weighted by Gasteiger charge is -2.35. The van der Waals surface area contributed by atoms with Crippen LogP contribution in [0.25, 0.3) is 0 Å². The number of nitrogens with two attached hydrogens (primary N) is 1. The van der Waals surface area contributed by atoms with Crippen LogP contribution >= 0.6 is 0 Å². The molecular weight excluding hydrogens is 142 g/mol. The zero-order valence-corrected chi connectivity index (χ0v) is 7.14. The quantitative estimate of drug-likeness (QED) is 0.653. The summed E-state index contributed by atoms with van der Waals surface area (Å²) < 4.78 is 10.7. The molecule has 0 unspecified atom stereocenters. The van der Waals surface area contributed by atoms with Gasteiger partial charge >= 0.3 is 0 Å². The summed E-state index contributed by atoms with van der Waals surface area (Å²) in [6.07, 6.45) is 2.92. The molecule has 3 heteroatoms. The van der Waals surface area contributed by atoms with E-state index in [-0.39, 0.29) is 5.60 Å². The third kappa shape index (κ3) is 2.15. The summed E-state index contributed by atoms with van der Waals surface area (Å²) in [7, 11) is 1.76. The van der Waals surface area contributed by atoms with Gasteiger partial charge in [-0.3, -0.25) is 0 Å². The third-order valence-corrected chi connectivity index (χ3v) is 2.44. The Labute approximate surface area is 67.9 Å². The Kier molecular flexibility index (Phi) is 3.30. The molecule has 0 aliphatic carbocycles. The number of ether oxygens (including phenoxy) is 2. The zero-order valence-electron chi connectivity index (χ0n) is 7.14. The van der Waals surface area contributed by atoms with Crippen LogP contribution in [0.2, 0.25) is 0 Å². The highest BCUT2D eigenvalue weighted by Gasteiger charge is 2.31. The fourth-order valence-electron chi connectivity index (χ4n) is 1.56. The minimum atomic E-state index is 0.0208. The Morgan fingerprint density at radius 3 is 2.55 bits per heavy atom. The van der Waals surface area contributed by atoms with Crippen LogP contribution in [0.4, 0.5) is 0 Å². The molecule has 1 saturated heterocycles. The molecule has 0 atom stereocenters. The van der Waals surface area contributed by atoms with Crippen LogP contribution < -0.4 is 5.73 Å². The van der Waals surface area contributed by atoms with Crippen LogP contribution in [-0.4, -0.2) is 32.5 Å². The van der Waals surface area contributed by atoms with E-state index in [0.29, 0.717) is 6.54 Å². The van der Waals surface area contributed by atoms with E-state index in [2.05, 4.69) is 0 Å². The number of rotatable bonds is 3. The average molecular weight is 159 g/mol. The predicted molar refractivity (Wildman–Crippen MR) is 43.5 cm³/mol. The Morgan fingerprint density at radius 1 is 1.45 bits per heavy atom. The molecule has 0 radical (unpaired) electrons. The van der Waals surface area contributed by atoms with Gasteiger partial charge in [-0.2, -0.15) is 0 Å². The van der Waals surface area contributed by atoms with E-state index in [1.807, 2.05) is 0 Å². The van der Waals surface area contributed by atoms with E-state index in [1.165, 1.54) is 0 Å². The monoisotopic (exact) mass is 159 g/mol. The summed E-state index contributed by atoms with van der Waals surface area (Å²) in [6, 6.07) is 0. The SMILES string of the molecule is COC1(CCN)CCOCC1. The molecule has 0 aromatic carbocycles. The van der Waals surface area contributed by atoms with Crippen molar-refractivity contribution < 1.29 is 9.47 Å². The summed E-state index contributed by atoms with van der Waals surface area (Å²) in [5, 5.41) is 0. The van der Waals surface area contributed by atoms with E-state index in [0.717, 1.165) is 32.5 Å².